The maximum Gasteiger partial charge on any atom is 0.130 e. The Morgan fingerprint density at radius 1 is 1.33 bits per heavy atom. The van der Waals surface area contributed by atoms with Crippen molar-refractivity contribution < 1.29 is 9.50 Å². The van der Waals surface area contributed by atoms with Crippen LogP contribution in [-0.4, -0.2) is 22.7 Å². The van der Waals surface area contributed by atoms with Crippen molar-refractivity contribution in [3.63, 3.8) is 0 Å². The lowest BCUT2D eigenvalue weighted by Gasteiger charge is -2.25. The molecule has 1 aliphatic heterocycles. The number of aliphatic hydroxyl groups excluding tert-OH is 1. The maximum absolute atomic E-state index is 13.4. The third kappa shape index (κ3) is 2.71. The molecule has 5 heteroatoms. The molecule has 0 spiro atoms. The molecule has 2 aromatic rings. The highest BCUT2D eigenvalue weighted by atomic mass is 19.1. The number of hydrogen-bond acceptors (Lipinski definition) is 4. The second-order valence-corrected chi connectivity index (χ2v) is 5.13. The van der Waals surface area contributed by atoms with Crippen molar-refractivity contribution in [2.75, 3.05) is 11.4 Å². The van der Waals surface area contributed by atoms with Crippen LogP contribution in [0.3, 0.4) is 0 Å². The maximum atomic E-state index is 13.4. The van der Waals surface area contributed by atoms with Gasteiger partial charge in [0.25, 0.3) is 0 Å². The smallest absolute Gasteiger partial charge is 0.130 e. The first-order chi connectivity index (χ1) is 10.2. The Balaban J connectivity index is 1.97. The van der Waals surface area contributed by atoms with E-state index in [0.717, 1.165) is 5.56 Å². The summed E-state index contributed by atoms with van der Waals surface area (Å²) in [5.41, 5.74) is 1.31. The number of nitriles is 1. The van der Waals surface area contributed by atoms with Gasteiger partial charge in [-0.2, -0.15) is 5.26 Å². The first kappa shape index (κ1) is 13.5. The number of aliphatic hydroxyl groups is 1. The van der Waals surface area contributed by atoms with Crippen molar-refractivity contribution in [2.45, 2.75) is 18.6 Å². The molecule has 1 aliphatic rings. The van der Waals surface area contributed by atoms with Crippen molar-refractivity contribution >= 4 is 5.82 Å². The normalized spacial score (nSPS) is 21.3. The molecule has 0 amide bonds. The van der Waals surface area contributed by atoms with E-state index >= 15 is 0 Å². The van der Waals surface area contributed by atoms with Crippen LogP contribution in [0.4, 0.5) is 10.2 Å². The summed E-state index contributed by atoms with van der Waals surface area (Å²) in [5, 5.41) is 18.9. The van der Waals surface area contributed by atoms with Crippen LogP contribution >= 0.6 is 0 Å². The van der Waals surface area contributed by atoms with E-state index in [1.165, 1.54) is 12.1 Å². The lowest BCUT2D eigenvalue weighted by Crippen LogP contribution is -2.25. The highest BCUT2D eigenvalue weighted by Crippen LogP contribution is 2.35. The SMILES string of the molecule is N#Cc1ccnc(N2C[C@H](O)C[C@H]2c2cccc(F)c2)c1. The van der Waals surface area contributed by atoms with Gasteiger partial charge < -0.3 is 10.0 Å². The molecule has 1 saturated heterocycles. The monoisotopic (exact) mass is 283 g/mol. The topological polar surface area (TPSA) is 60.2 Å². The number of anilines is 1. The molecule has 0 saturated carbocycles. The third-order valence-electron chi connectivity index (χ3n) is 3.68. The van der Waals surface area contributed by atoms with Crippen LogP contribution in [0.25, 0.3) is 0 Å². The molecule has 0 bridgehead atoms. The minimum absolute atomic E-state index is 0.142. The van der Waals surface area contributed by atoms with Crippen LogP contribution < -0.4 is 4.90 Å². The van der Waals surface area contributed by atoms with Gasteiger partial charge in [-0.1, -0.05) is 12.1 Å². The van der Waals surface area contributed by atoms with Crippen molar-refractivity contribution in [1.82, 2.24) is 4.98 Å². The standard InChI is InChI=1S/C16H14FN3O/c17-13-3-1-2-12(7-13)15-8-14(21)10-20(15)16-6-11(9-18)4-5-19-16/h1-7,14-15,21H,8,10H2/t14-,15+/m1/s1. The molecule has 21 heavy (non-hydrogen) atoms. The van der Waals surface area contributed by atoms with Crippen LogP contribution in [0.5, 0.6) is 0 Å². The fourth-order valence-electron chi connectivity index (χ4n) is 2.74. The Bertz CT molecular complexity index is 698. The van der Waals surface area contributed by atoms with Crippen LogP contribution in [0.2, 0.25) is 0 Å². The van der Waals surface area contributed by atoms with Gasteiger partial charge in [0, 0.05) is 12.7 Å². The molecule has 2 heterocycles. The zero-order valence-electron chi connectivity index (χ0n) is 11.3. The van der Waals surface area contributed by atoms with Gasteiger partial charge in [0.15, 0.2) is 0 Å². The zero-order valence-corrected chi connectivity index (χ0v) is 11.3. The summed E-state index contributed by atoms with van der Waals surface area (Å²) in [6.07, 6.45) is 1.59. The lowest BCUT2D eigenvalue weighted by atomic mass is 10.0. The molecule has 0 radical (unpaired) electrons. The number of halogens is 1. The molecule has 2 atom stereocenters. The summed E-state index contributed by atoms with van der Waals surface area (Å²) in [7, 11) is 0. The predicted octanol–water partition coefficient (Wildman–Crippen LogP) is 2.40. The second kappa shape index (κ2) is 5.51. The fraction of sp³-hybridized carbons (Fsp3) is 0.250. The molecular weight excluding hydrogens is 269 g/mol. The largest absolute Gasteiger partial charge is 0.391 e. The van der Waals surface area contributed by atoms with E-state index in [1.54, 1.807) is 24.4 Å². The van der Waals surface area contributed by atoms with E-state index in [-0.39, 0.29) is 11.9 Å². The van der Waals surface area contributed by atoms with E-state index < -0.39 is 6.10 Å². The minimum Gasteiger partial charge on any atom is -0.391 e. The van der Waals surface area contributed by atoms with Crippen molar-refractivity contribution in [3.8, 4) is 6.07 Å². The highest BCUT2D eigenvalue weighted by molar-refractivity contribution is 5.48. The summed E-state index contributed by atoms with van der Waals surface area (Å²) in [4.78, 5) is 6.19. The Hall–Kier alpha value is -2.45. The number of benzene rings is 1. The molecule has 3 rings (SSSR count). The van der Waals surface area contributed by atoms with E-state index in [4.69, 9.17) is 5.26 Å². The lowest BCUT2D eigenvalue weighted by molar-refractivity contribution is 0.194. The quantitative estimate of drug-likeness (QED) is 0.919. The molecule has 0 unspecified atom stereocenters. The minimum atomic E-state index is -0.495. The van der Waals surface area contributed by atoms with Gasteiger partial charge in [0.2, 0.25) is 0 Å². The van der Waals surface area contributed by atoms with Gasteiger partial charge in [0.1, 0.15) is 11.6 Å². The molecule has 1 fully saturated rings. The van der Waals surface area contributed by atoms with Gasteiger partial charge in [0.05, 0.1) is 23.8 Å². The summed E-state index contributed by atoms with van der Waals surface area (Å²) in [5.74, 6) is 0.326. The highest BCUT2D eigenvalue weighted by Gasteiger charge is 2.33. The molecule has 4 nitrogen and oxygen atoms in total. The van der Waals surface area contributed by atoms with Crippen LogP contribution in [0.15, 0.2) is 42.6 Å². The second-order valence-electron chi connectivity index (χ2n) is 5.13. The Labute approximate surface area is 122 Å². The molecule has 1 aromatic heterocycles. The molecule has 1 N–H and O–H groups in total. The molecule has 1 aromatic carbocycles. The van der Waals surface area contributed by atoms with Crippen molar-refractivity contribution in [2.24, 2.45) is 0 Å². The Kier molecular flexibility index (Phi) is 3.55. The summed E-state index contributed by atoms with van der Waals surface area (Å²) < 4.78 is 13.4. The van der Waals surface area contributed by atoms with Gasteiger partial charge >= 0.3 is 0 Å². The van der Waals surface area contributed by atoms with Crippen molar-refractivity contribution in [3.05, 3.63) is 59.5 Å². The number of hydrogen-bond donors (Lipinski definition) is 1. The third-order valence-corrected chi connectivity index (χ3v) is 3.68. The summed E-state index contributed by atoms with van der Waals surface area (Å²) in [6, 6.07) is 11.6. The van der Waals surface area contributed by atoms with E-state index in [2.05, 4.69) is 11.1 Å². The van der Waals surface area contributed by atoms with E-state index in [0.29, 0.717) is 24.3 Å². The number of rotatable bonds is 2. The molecule has 106 valence electrons. The van der Waals surface area contributed by atoms with Gasteiger partial charge in [-0.05, 0) is 36.2 Å². The van der Waals surface area contributed by atoms with E-state index in [9.17, 15) is 9.50 Å². The number of nitrogens with zero attached hydrogens (tertiary/aromatic N) is 3. The number of β-amino-alcohol motifs (C(OH)–C–C–N with tert-alkyl or cyclic N) is 1. The van der Waals surface area contributed by atoms with Crippen molar-refractivity contribution in [1.29, 1.82) is 5.26 Å². The Morgan fingerprint density at radius 2 is 2.19 bits per heavy atom. The van der Waals surface area contributed by atoms with Crippen LogP contribution in [0.1, 0.15) is 23.6 Å². The average Bonchev–Trinajstić information content (AvgIpc) is 2.89. The van der Waals surface area contributed by atoms with Gasteiger partial charge in [-0.15, -0.1) is 0 Å². The fourth-order valence-corrected chi connectivity index (χ4v) is 2.74. The molecular formula is C16H14FN3O. The predicted molar refractivity (Wildman–Crippen MR) is 76.1 cm³/mol. The van der Waals surface area contributed by atoms with Crippen LogP contribution in [0, 0.1) is 17.1 Å². The summed E-state index contributed by atoms with van der Waals surface area (Å²) in [6.45, 7) is 0.420. The Morgan fingerprint density at radius 3 is 2.95 bits per heavy atom. The van der Waals surface area contributed by atoms with E-state index in [1.807, 2.05) is 11.0 Å². The average molecular weight is 283 g/mol. The van der Waals surface area contributed by atoms with Gasteiger partial charge in [-0.3, -0.25) is 0 Å². The zero-order chi connectivity index (χ0) is 14.8. The van der Waals surface area contributed by atoms with Gasteiger partial charge in [-0.25, -0.2) is 9.37 Å². The number of pyridine rings is 1. The summed E-state index contributed by atoms with van der Waals surface area (Å²) >= 11 is 0. The van der Waals surface area contributed by atoms with Crippen LogP contribution in [-0.2, 0) is 0 Å². The first-order valence-electron chi connectivity index (χ1n) is 6.73. The number of aromatic nitrogens is 1. The first-order valence-corrected chi connectivity index (χ1v) is 6.73. The molecule has 0 aliphatic carbocycles.